The Morgan fingerprint density at radius 2 is 1.89 bits per heavy atom. The van der Waals surface area contributed by atoms with E-state index < -0.39 is 27.8 Å². The highest BCUT2D eigenvalue weighted by atomic mass is 32.2. The molecular weight excluding hydrogens is 381 g/mol. The van der Waals surface area contributed by atoms with Crippen molar-refractivity contribution in [3.63, 3.8) is 0 Å². The number of hydrogen-bond donors (Lipinski definition) is 0. The summed E-state index contributed by atoms with van der Waals surface area (Å²) in [4.78, 5) is 14.7. The average Bonchev–Trinajstić information content (AvgIpc) is 3.02. The number of hydrogen-bond acceptors (Lipinski definition) is 4. The SMILES string of the molecule is Cc1ccc(CN(C(=O)C(C)Oc2ccccc2F)C2CCS(=O)(=O)C2)cc1. The molecule has 1 aliphatic rings. The Bertz CT molecular complexity index is 943. The zero-order valence-corrected chi connectivity index (χ0v) is 16.8. The summed E-state index contributed by atoms with van der Waals surface area (Å²) in [5.74, 6) is -0.895. The van der Waals surface area contributed by atoms with Crippen molar-refractivity contribution in [3.05, 3.63) is 65.5 Å². The topological polar surface area (TPSA) is 63.7 Å². The van der Waals surface area contributed by atoms with Gasteiger partial charge in [-0.3, -0.25) is 4.79 Å². The van der Waals surface area contributed by atoms with E-state index in [0.29, 0.717) is 6.42 Å². The highest BCUT2D eigenvalue weighted by Crippen LogP contribution is 2.23. The Balaban J connectivity index is 1.81. The first-order valence-corrected chi connectivity index (χ1v) is 11.0. The monoisotopic (exact) mass is 405 g/mol. The number of ether oxygens (including phenoxy) is 1. The Hall–Kier alpha value is -2.41. The molecule has 3 rings (SSSR count). The van der Waals surface area contributed by atoms with Crippen LogP contribution in [0.2, 0.25) is 0 Å². The molecule has 0 N–H and O–H groups in total. The summed E-state index contributed by atoms with van der Waals surface area (Å²) in [6, 6.07) is 13.2. The van der Waals surface area contributed by atoms with E-state index in [1.54, 1.807) is 24.0 Å². The molecule has 2 atom stereocenters. The molecule has 1 saturated heterocycles. The number of sulfone groups is 1. The van der Waals surface area contributed by atoms with Gasteiger partial charge < -0.3 is 9.64 Å². The second-order valence-electron chi connectivity index (χ2n) is 7.20. The van der Waals surface area contributed by atoms with E-state index in [-0.39, 0.29) is 29.7 Å². The summed E-state index contributed by atoms with van der Waals surface area (Å²) in [7, 11) is -3.16. The highest BCUT2D eigenvalue weighted by molar-refractivity contribution is 7.91. The third kappa shape index (κ3) is 4.90. The van der Waals surface area contributed by atoms with Crippen molar-refractivity contribution in [1.29, 1.82) is 0 Å². The van der Waals surface area contributed by atoms with E-state index in [2.05, 4.69) is 0 Å². The summed E-state index contributed by atoms with van der Waals surface area (Å²) < 4.78 is 43.3. The number of carbonyl (C=O) groups is 1. The van der Waals surface area contributed by atoms with Crippen LogP contribution in [0.3, 0.4) is 0 Å². The van der Waals surface area contributed by atoms with Gasteiger partial charge in [-0.05, 0) is 38.0 Å². The first kappa shape index (κ1) is 20.3. The van der Waals surface area contributed by atoms with E-state index in [9.17, 15) is 17.6 Å². The molecule has 28 heavy (non-hydrogen) atoms. The second-order valence-corrected chi connectivity index (χ2v) is 9.43. The standard InChI is InChI=1S/C21H24FNO4S/c1-15-7-9-17(10-8-15)13-23(18-11-12-28(25,26)14-18)21(24)16(2)27-20-6-4-3-5-19(20)22/h3-10,16,18H,11-14H2,1-2H3. The van der Waals surface area contributed by atoms with Gasteiger partial charge in [-0.1, -0.05) is 42.0 Å². The number of amides is 1. The number of rotatable bonds is 6. The fourth-order valence-electron chi connectivity index (χ4n) is 3.31. The molecule has 1 heterocycles. The largest absolute Gasteiger partial charge is 0.478 e. The van der Waals surface area contributed by atoms with Crippen LogP contribution in [-0.2, 0) is 21.2 Å². The Morgan fingerprint density at radius 1 is 1.21 bits per heavy atom. The highest BCUT2D eigenvalue weighted by Gasteiger charge is 2.36. The summed E-state index contributed by atoms with van der Waals surface area (Å²) in [5, 5.41) is 0. The van der Waals surface area contributed by atoms with Crippen LogP contribution in [0.5, 0.6) is 5.75 Å². The summed E-state index contributed by atoms with van der Waals surface area (Å²) in [6.07, 6.45) is -0.544. The molecule has 0 saturated carbocycles. The first-order valence-electron chi connectivity index (χ1n) is 9.23. The fraction of sp³-hybridized carbons (Fsp3) is 0.381. The summed E-state index contributed by atoms with van der Waals surface area (Å²) in [6.45, 7) is 3.81. The summed E-state index contributed by atoms with van der Waals surface area (Å²) in [5.41, 5.74) is 2.00. The maximum Gasteiger partial charge on any atom is 0.263 e. The molecule has 0 bridgehead atoms. The van der Waals surface area contributed by atoms with Gasteiger partial charge in [0.1, 0.15) is 0 Å². The molecule has 2 unspecified atom stereocenters. The van der Waals surface area contributed by atoms with Gasteiger partial charge in [0.2, 0.25) is 0 Å². The van der Waals surface area contributed by atoms with Crippen molar-refractivity contribution in [1.82, 2.24) is 4.90 Å². The Kier molecular flexibility index (Phi) is 6.03. The molecule has 1 aliphatic heterocycles. The zero-order valence-electron chi connectivity index (χ0n) is 16.0. The minimum atomic E-state index is -3.16. The molecule has 0 radical (unpaired) electrons. The van der Waals surface area contributed by atoms with Gasteiger partial charge in [-0.15, -0.1) is 0 Å². The van der Waals surface area contributed by atoms with Crippen molar-refractivity contribution >= 4 is 15.7 Å². The van der Waals surface area contributed by atoms with Gasteiger partial charge in [0.15, 0.2) is 27.5 Å². The number of carbonyl (C=O) groups excluding carboxylic acids is 1. The second kappa shape index (κ2) is 8.31. The Morgan fingerprint density at radius 3 is 2.50 bits per heavy atom. The maximum absolute atomic E-state index is 13.9. The molecule has 2 aromatic carbocycles. The lowest BCUT2D eigenvalue weighted by Gasteiger charge is -2.31. The normalized spacial score (nSPS) is 19.2. The molecular formula is C21H24FNO4S. The van der Waals surface area contributed by atoms with Gasteiger partial charge >= 0.3 is 0 Å². The number of para-hydroxylation sites is 1. The zero-order chi connectivity index (χ0) is 20.3. The van der Waals surface area contributed by atoms with Crippen LogP contribution in [0.1, 0.15) is 24.5 Å². The van der Waals surface area contributed by atoms with Crippen LogP contribution in [-0.4, -0.2) is 42.9 Å². The maximum atomic E-state index is 13.9. The molecule has 0 aromatic heterocycles. The van der Waals surface area contributed by atoms with Crippen LogP contribution in [0.15, 0.2) is 48.5 Å². The first-order chi connectivity index (χ1) is 13.2. The molecule has 2 aromatic rings. The predicted octanol–water partition coefficient (Wildman–Crippen LogP) is 3.12. The van der Waals surface area contributed by atoms with E-state index >= 15 is 0 Å². The van der Waals surface area contributed by atoms with E-state index in [4.69, 9.17) is 4.74 Å². The van der Waals surface area contributed by atoms with Crippen molar-refractivity contribution in [2.24, 2.45) is 0 Å². The molecule has 1 fully saturated rings. The number of halogens is 1. The molecule has 0 aliphatic carbocycles. The number of nitrogens with zero attached hydrogens (tertiary/aromatic N) is 1. The Labute approximate surface area is 165 Å². The van der Waals surface area contributed by atoms with Crippen molar-refractivity contribution in [2.75, 3.05) is 11.5 Å². The molecule has 1 amide bonds. The van der Waals surface area contributed by atoms with Crippen LogP contribution >= 0.6 is 0 Å². The van der Waals surface area contributed by atoms with Gasteiger partial charge in [-0.2, -0.15) is 0 Å². The van der Waals surface area contributed by atoms with Crippen LogP contribution in [0.4, 0.5) is 4.39 Å². The minimum Gasteiger partial charge on any atom is -0.478 e. The van der Waals surface area contributed by atoms with Gasteiger partial charge in [0.05, 0.1) is 11.5 Å². The quantitative estimate of drug-likeness (QED) is 0.741. The van der Waals surface area contributed by atoms with Crippen molar-refractivity contribution in [3.8, 4) is 5.75 Å². The van der Waals surface area contributed by atoms with E-state index in [1.807, 2.05) is 31.2 Å². The smallest absolute Gasteiger partial charge is 0.263 e. The van der Waals surface area contributed by atoms with Gasteiger partial charge in [-0.25, -0.2) is 12.8 Å². The average molecular weight is 405 g/mol. The van der Waals surface area contributed by atoms with Crippen LogP contribution in [0, 0.1) is 12.7 Å². The lowest BCUT2D eigenvalue weighted by molar-refractivity contribution is -0.140. The lowest BCUT2D eigenvalue weighted by Crippen LogP contribution is -2.46. The number of aryl methyl sites for hydroxylation is 1. The molecule has 0 spiro atoms. The van der Waals surface area contributed by atoms with Crippen LogP contribution in [0.25, 0.3) is 0 Å². The molecule has 150 valence electrons. The minimum absolute atomic E-state index is 0.00215. The molecule has 5 nitrogen and oxygen atoms in total. The number of benzene rings is 2. The lowest BCUT2D eigenvalue weighted by atomic mass is 10.1. The predicted molar refractivity (Wildman–Crippen MR) is 105 cm³/mol. The van der Waals surface area contributed by atoms with Gasteiger partial charge in [0.25, 0.3) is 5.91 Å². The summed E-state index contributed by atoms with van der Waals surface area (Å²) >= 11 is 0. The van der Waals surface area contributed by atoms with Crippen molar-refractivity contribution in [2.45, 2.75) is 39.0 Å². The van der Waals surface area contributed by atoms with E-state index in [1.165, 1.54) is 12.1 Å². The third-order valence-corrected chi connectivity index (χ3v) is 6.64. The van der Waals surface area contributed by atoms with Crippen LogP contribution < -0.4 is 4.74 Å². The van der Waals surface area contributed by atoms with Gasteiger partial charge in [0, 0.05) is 12.6 Å². The molecule has 7 heteroatoms. The third-order valence-electron chi connectivity index (χ3n) is 4.89. The van der Waals surface area contributed by atoms with E-state index in [0.717, 1.165) is 11.1 Å². The fourth-order valence-corrected chi connectivity index (χ4v) is 5.04. The van der Waals surface area contributed by atoms with Crippen molar-refractivity contribution < 1.29 is 22.3 Å².